The third-order valence-corrected chi connectivity index (χ3v) is 3.29. The molecule has 0 aromatic carbocycles. The Kier molecular flexibility index (Phi) is 5.92. The van der Waals surface area contributed by atoms with Gasteiger partial charge in [-0.3, -0.25) is 0 Å². The summed E-state index contributed by atoms with van der Waals surface area (Å²) in [5.74, 6) is 0. The minimum Gasteiger partial charge on any atom is -0.425 e. The molecule has 17 heavy (non-hydrogen) atoms. The van der Waals surface area contributed by atoms with Crippen LogP contribution < -0.4 is 5.73 Å². The molecule has 0 aliphatic carbocycles. The Morgan fingerprint density at radius 2 is 2.00 bits per heavy atom. The molecule has 97 valence electrons. The van der Waals surface area contributed by atoms with Crippen molar-refractivity contribution in [2.45, 2.75) is 52.2 Å². The van der Waals surface area contributed by atoms with Crippen LogP contribution in [0.15, 0.2) is 16.8 Å². The van der Waals surface area contributed by atoms with Crippen molar-refractivity contribution in [3.8, 4) is 0 Å². The lowest BCUT2D eigenvalue weighted by molar-refractivity contribution is -0.102. The summed E-state index contributed by atoms with van der Waals surface area (Å²) in [5.41, 5.74) is 5.36. The van der Waals surface area contributed by atoms with Crippen LogP contribution in [-0.4, -0.2) is 36.4 Å². The molecule has 0 saturated carbocycles. The molecule has 1 atom stereocenters. The number of nitrogens with zero attached hydrogens (tertiary/aromatic N) is 1. The highest BCUT2D eigenvalue weighted by molar-refractivity contribution is 6.74. The first-order valence-electron chi connectivity index (χ1n) is 5.81. The zero-order chi connectivity index (χ0) is 13.7. The molecule has 0 amide bonds. The molecule has 1 radical (unpaired) electrons. The Bertz CT molecular complexity index is 308. The zero-order valence-electron chi connectivity index (χ0n) is 11.7. The molecule has 5 heteroatoms. The summed E-state index contributed by atoms with van der Waals surface area (Å²) in [6, 6.07) is 0. The van der Waals surface area contributed by atoms with Gasteiger partial charge in [0.15, 0.2) is 0 Å². The van der Waals surface area contributed by atoms with Gasteiger partial charge in [-0.05, 0) is 45.9 Å². The number of aliphatic imine (C=N–C) groups is 1. The molecular weight excluding hydrogens is 215 g/mol. The van der Waals surface area contributed by atoms with Gasteiger partial charge in [0.25, 0.3) is 0 Å². The summed E-state index contributed by atoms with van der Waals surface area (Å²) in [6.45, 7) is 9.17. The minimum absolute atomic E-state index is 0.655. The zero-order valence-corrected chi connectivity index (χ0v) is 11.7. The third kappa shape index (κ3) is 4.17. The van der Waals surface area contributed by atoms with Crippen LogP contribution in [0.1, 0.15) is 41.0 Å². The molecule has 0 aliphatic heterocycles. The van der Waals surface area contributed by atoms with Crippen LogP contribution in [0.3, 0.4) is 0 Å². The van der Waals surface area contributed by atoms with Gasteiger partial charge in [0.1, 0.15) is 0 Å². The van der Waals surface area contributed by atoms with Gasteiger partial charge in [0.05, 0.1) is 11.2 Å². The maximum Gasteiger partial charge on any atom is 0.351 e. The molecule has 0 fully saturated rings. The molecule has 1 unspecified atom stereocenters. The lowest BCUT2D eigenvalue weighted by Crippen LogP contribution is -2.50. The topological polar surface area (TPSA) is 67.8 Å². The van der Waals surface area contributed by atoms with Gasteiger partial charge in [0, 0.05) is 12.7 Å². The summed E-state index contributed by atoms with van der Waals surface area (Å²) in [6.07, 6.45) is 2.17. The number of rotatable bonds is 6. The smallest absolute Gasteiger partial charge is 0.351 e. The van der Waals surface area contributed by atoms with E-state index in [1.165, 1.54) is 6.20 Å². The Labute approximate surface area is 105 Å². The Morgan fingerprint density at radius 1 is 1.47 bits per heavy atom. The average molecular weight is 239 g/mol. The molecule has 0 aromatic heterocycles. The quantitative estimate of drug-likeness (QED) is 0.544. The van der Waals surface area contributed by atoms with Gasteiger partial charge in [-0.2, -0.15) is 0 Å². The number of allylic oxidation sites excluding steroid dienone is 1. The average Bonchev–Trinajstić information content (AvgIpc) is 2.27. The van der Waals surface area contributed by atoms with Crippen molar-refractivity contribution < 1.29 is 9.76 Å². The Hall–Kier alpha value is -0.805. The van der Waals surface area contributed by atoms with E-state index in [1.807, 2.05) is 20.8 Å². The van der Waals surface area contributed by atoms with E-state index in [1.54, 1.807) is 28.4 Å². The van der Waals surface area contributed by atoms with Crippen LogP contribution in [0, 0.1) is 0 Å². The predicted octanol–water partition coefficient (Wildman–Crippen LogP) is 1.45. The van der Waals surface area contributed by atoms with Crippen molar-refractivity contribution in [2.75, 3.05) is 7.05 Å². The van der Waals surface area contributed by atoms with E-state index in [4.69, 9.17) is 10.4 Å². The molecule has 3 N–H and O–H groups in total. The fourth-order valence-corrected chi connectivity index (χ4v) is 1.25. The highest BCUT2D eigenvalue weighted by Crippen LogP contribution is 2.28. The highest BCUT2D eigenvalue weighted by atomic mass is 16.5. The molecule has 0 bridgehead atoms. The predicted molar refractivity (Wildman–Crippen MR) is 73.1 cm³/mol. The van der Waals surface area contributed by atoms with Crippen LogP contribution >= 0.6 is 0 Å². The number of hydrogen-bond acceptors (Lipinski definition) is 4. The van der Waals surface area contributed by atoms with E-state index in [0.29, 0.717) is 12.0 Å². The summed E-state index contributed by atoms with van der Waals surface area (Å²) in [4.78, 5) is 4.08. The number of aliphatic hydroxyl groups is 1. The van der Waals surface area contributed by atoms with Gasteiger partial charge in [-0.25, -0.2) is 0 Å². The van der Waals surface area contributed by atoms with Crippen LogP contribution in [0.2, 0.25) is 0 Å². The van der Waals surface area contributed by atoms with Gasteiger partial charge < -0.3 is 20.5 Å². The first-order chi connectivity index (χ1) is 7.71. The second-order valence-corrected chi connectivity index (χ2v) is 4.84. The van der Waals surface area contributed by atoms with E-state index in [2.05, 4.69) is 4.99 Å². The van der Waals surface area contributed by atoms with Crippen LogP contribution in [0.25, 0.3) is 0 Å². The SMILES string of the molecule is CCC(C)(O[B]C(=NC)C(C)=CN)C(C)(C)O. The van der Waals surface area contributed by atoms with Crippen LogP contribution in [0.4, 0.5) is 0 Å². The van der Waals surface area contributed by atoms with Crippen molar-refractivity contribution in [1.29, 1.82) is 0 Å². The fourth-order valence-electron chi connectivity index (χ4n) is 1.25. The molecule has 4 nitrogen and oxygen atoms in total. The van der Waals surface area contributed by atoms with Crippen molar-refractivity contribution >= 4 is 13.1 Å². The maximum absolute atomic E-state index is 10.1. The number of hydrogen-bond donors (Lipinski definition) is 2. The molecule has 0 heterocycles. The molecule has 0 aromatic rings. The van der Waals surface area contributed by atoms with E-state index in [0.717, 1.165) is 5.57 Å². The van der Waals surface area contributed by atoms with E-state index in [-0.39, 0.29) is 0 Å². The second kappa shape index (κ2) is 6.22. The normalized spacial score (nSPS) is 17.8. The first-order valence-corrected chi connectivity index (χ1v) is 5.81. The summed E-state index contributed by atoms with van der Waals surface area (Å²) in [5, 5.41) is 10.1. The van der Waals surface area contributed by atoms with Crippen molar-refractivity contribution in [3.05, 3.63) is 11.8 Å². The van der Waals surface area contributed by atoms with Gasteiger partial charge in [-0.15, -0.1) is 0 Å². The summed E-state index contributed by atoms with van der Waals surface area (Å²) in [7, 11) is 3.23. The lowest BCUT2D eigenvalue weighted by atomic mass is 9.80. The van der Waals surface area contributed by atoms with Crippen LogP contribution in [0.5, 0.6) is 0 Å². The maximum atomic E-state index is 10.1. The largest absolute Gasteiger partial charge is 0.425 e. The Morgan fingerprint density at radius 3 is 2.29 bits per heavy atom. The highest BCUT2D eigenvalue weighted by Gasteiger charge is 2.39. The fraction of sp³-hybridized carbons (Fsp3) is 0.750. The molecule has 0 saturated heterocycles. The first kappa shape index (κ1) is 16.2. The van der Waals surface area contributed by atoms with E-state index in [9.17, 15) is 5.11 Å². The minimum atomic E-state index is -0.933. The standard InChI is InChI=1S/C12H24BN2O2/c1-7-12(5,11(3,4)16)17-13-10(15-6)9(2)8-14/h8,16H,7,14H2,1-6H3. The van der Waals surface area contributed by atoms with Crippen LogP contribution in [-0.2, 0) is 4.65 Å². The van der Waals surface area contributed by atoms with Gasteiger partial charge >= 0.3 is 7.48 Å². The van der Waals surface area contributed by atoms with Crippen molar-refractivity contribution in [2.24, 2.45) is 10.7 Å². The monoisotopic (exact) mass is 239 g/mol. The summed E-state index contributed by atoms with van der Waals surface area (Å²) < 4.78 is 5.72. The van der Waals surface area contributed by atoms with Crippen molar-refractivity contribution in [1.82, 2.24) is 0 Å². The summed E-state index contributed by atoms with van der Waals surface area (Å²) >= 11 is 0. The lowest BCUT2D eigenvalue weighted by Gasteiger charge is -2.40. The Balaban J connectivity index is 4.75. The van der Waals surface area contributed by atoms with E-state index < -0.39 is 11.2 Å². The molecule has 0 rings (SSSR count). The van der Waals surface area contributed by atoms with Crippen molar-refractivity contribution in [3.63, 3.8) is 0 Å². The van der Waals surface area contributed by atoms with Gasteiger partial charge in [-0.1, -0.05) is 6.92 Å². The molecule has 0 spiro atoms. The van der Waals surface area contributed by atoms with E-state index >= 15 is 0 Å². The number of nitrogens with two attached hydrogens (primary N) is 1. The third-order valence-electron chi connectivity index (χ3n) is 3.29. The van der Waals surface area contributed by atoms with Gasteiger partial charge in [0.2, 0.25) is 0 Å². The molecular formula is C12H24BN2O2. The molecule has 0 aliphatic rings. The second-order valence-electron chi connectivity index (χ2n) is 4.84.